The molecule has 3 aromatic rings. The van der Waals surface area contributed by atoms with Gasteiger partial charge in [-0.3, -0.25) is 9.69 Å². The molecular formula is C25H29ClN4O. The number of nitrogens with zero attached hydrogens (tertiary/aromatic N) is 3. The Morgan fingerprint density at radius 1 is 1.06 bits per heavy atom. The molecule has 0 aliphatic carbocycles. The minimum Gasteiger partial charge on any atom is -0.352 e. The molecule has 0 unspecified atom stereocenters. The zero-order valence-electron chi connectivity index (χ0n) is 17.9. The third-order valence-electron chi connectivity index (χ3n) is 6.08. The van der Waals surface area contributed by atoms with Gasteiger partial charge in [-0.05, 0) is 55.6 Å². The van der Waals surface area contributed by atoms with Gasteiger partial charge in [0, 0.05) is 43.0 Å². The maximum atomic E-state index is 12.6. The maximum absolute atomic E-state index is 12.6. The van der Waals surface area contributed by atoms with Gasteiger partial charge in [-0.25, -0.2) is 4.98 Å². The van der Waals surface area contributed by atoms with Crippen LogP contribution in [0.5, 0.6) is 0 Å². The van der Waals surface area contributed by atoms with Crippen molar-refractivity contribution in [1.82, 2.24) is 19.8 Å². The molecule has 1 aliphatic rings. The van der Waals surface area contributed by atoms with Crippen LogP contribution in [0.4, 0.5) is 0 Å². The van der Waals surface area contributed by atoms with Gasteiger partial charge in [-0.15, -0.1) is 0 Å². The second kappa shape index (κ2) is 10.1. The average Bonchev–Trinajstić information content (AvgIpc) is 3.19. The first-order valence-electron chi connectivity index (χ1n) is 10.9. The van der Waals surface area contributed by atoms with Crippen molar-refractivity contribution < 1.29 is 4.79 Å². The number of rotatable bonds is 7. The number of aryl methyl sites for hydroxylation is 1. The zero-order valence-corrected chi connectivity index (χ0v) is 18.7. The minimum absolute atomic E-state index is 0.0889. The van der Waals surface area contributed by atoms with Crippen molar-refractivity contribution >= 4 is 17.5 Å². The van der Waals surface area contributed by atoms with E-state index < -0.39 is 0 Å². The van der Waals surface area contributed by atoms with Gasteiger partial charge < -0.3 is 9.88 Å². The van der Waals surface area contributed by atoms with Crippen LogP contribution in [-0.4, -0.2) is 33.4 Å². The molecule has 0 spiro atoms. The highest BCUT2D eigenvalue weighted by Crippen LogP contribution is 2.22. The van der Waals surface area contributed by atoms with Gasteiger partial charge >= 0.3 is 0 Å². The van der Waals surface area contributed by atoms with E-state index in [0.29, 0.717) is 6.54 Å². The molecule has 0 saturated carbocycles. The quantitative estimate of drug-likeness (QED) is 0.596. The van der Waals surface area contributed by atoms with Crippen LogP contribution in [0.2, 0.25) is 5.02 Å². The topological polar surface area (TPSA) is 50.2 Å². The summed E-state index contributed by atoms with van der Waals surface area (Å²) in [6.45, 7) is 6.08. The van der Waals surface area contributed by atoms with E-state index >= 15 is 0 Å². The third kappa shape index (κ3) is 5.75. The van der Waals surface area contributed by atoms with Crippen LogP contribution in [0.1, 0.15) is 35.4 Å². The highest BCUT2D eigenvalue weighted by atomic mass is 35.5. The fourth-order valence-corrected chi connectivity index (χ4v) is 4.28. The lowest BCUT2D eigenvalue weighted by atomic mass is 9.95. The number of halogens is 1. The summed E-state index contributed by atoms with van der Waals surface area (Å²) >= 11 is 6.28. The molecule has 0 atom stereocenters. The Labute approximate surface area is 189 Å². The van der Waals surface area contributed by atoms with Gasteiger partial charge in [-0.1, -0.05) is 54.1 Å². The molecule has 6 heteroatoms. The molecular weight excluding hydrogens is 408 g/mol. The number of carbonyl (C=O) groups is 1. The van der Waals surface area contributed by atoms with Crippen molar-refractivity contribution in [2.45, 2.75) is 39.4 Å². The maximum Gasteiger partial charge on any atom is 0.223 e. The van der Waals surface area contributed by atoms with Crippen molar-refractivity contribution in [1.29, 1.82) is 0 Å². The van der Waals surface area contributed by atoms with Crippen molar-refractivity contribution in [3.05, 3.63) is 88.5 Å². The summed E-state index contributed by atoms with van der Waals surface area (Å²) in [5.41, 5.74) is 3.50. The first-order chi connectivity index (χ1) is 15.1. The summed E-state index contributed by atoms with van der Waals surface area (Å²) in [7, 11) is 0. The lowest BCUT2D eigenvalue weighted by molar-refractivity contribution is -0.126. The first kappa shape index (κ1) is 21.6. The molecule has 1 saturated heterocycles. The molecule has 1 amide bonds. The molecule has 5 nitrogen and oxygen atoms in total. The summed E-state index contributed by atoms with van der Waals surface area (Å²) in [5, 5.41) is 3.94. The largest absolute Gasteiger partial charge is 0.352 e. The number of hydrogen-bond donors (Lipinski definition) is 1. The molecule has 1 aliphatic heterocycles. The van der Waals surface area contributed by atoms with Crippen LogP contribution in [0.3, 0.4) is 0 Å². The third-order valence-corrected chi connectivity index (χ3v) is 6.45. The van der Waals surface area contributed by atoms with E-state index in [1.54, 1.807) is 0 Å². The SMILES string of the molecule is Cc1nccn1Cc1ccc(CNC(=O)C2CCN(Cc3ccccc3Cl)CC2)cc1. The monoisotopic (exact) mass is 436 g/mol. The summed E-state index contributed by atoms with van der Waals surface area (Å²) in [6, 6.07) is 16.4. The molecule has 4 rings (SSSR count). The predicted molar refractivity (Wildman–Crippen MR) is 124 cm³/mol. The number of amides is 1. The Bertz CT molecular complexity index is 1010. The highest BCUT2D eigenvalue weighted by molar-refractivity contribution is 6.31. The minimum atomic E-state index is 0.0889. The number of likely N-dealkylation sites (tertiary alicyclic amines) is 1. The molecule has 2 aromatic carbocycles. The highest BCUT2D eigenvalue weighted by Gasteiger charge is 2.25. The summed E-state index contributed by atoms with van der Waals surface area (Å²) in [6.07, 6.45) is 5.59. The van der Waals surface area contributed by atoms with Crippen LogP contribution in [-0.2, 0) is 24.4 Å². The number of piperidine rings is 1. The van der Waals surface area contributed by atoms with Crippen molar-refractivity contribution in [3.8, 4) is 0 Å². The Morgan fingerprint density at radius 3 is 2.45 bits per heavy atom. The van der Waals surface area contributed by atoms with Gasteiger partial charge in [0.25, 0.3) is 0 Å². The van der Waals surface area contributed by atoms with Crippen LogP contribution in [0.25, 0.3) is 0 Å². The summed E-state index contributed by atoms with van der Waals surface area (Å²) in [4.78, 5) is 19.3. The second-order valence-electron chi connectivity index (χ2n) is 8.28. The molecule has 31 heavy (non-hydrogen) atoms. The van der Waals surface area contributed by atoms with Crippen molar-refractivity contribution in [2.24, 2.45) is 5.92 Å². The Kier molecular flexibility index (Phi) is 7.05. The Balaban J connectivity index is 1.21. The number of carbonyl (C=O) groups excluding carboxylic acids is 1. The van der Waals surface area contributed by atoms with Crippen molar-refractivity contribution in [2.75, 3.05) is 13.1 Å². The van der Waals surface area contributed by atoms with E-state index in [9.17, 15) is 4.79 Å². The molecule has 0 bridgehead atoms. The number of nitrogens with one attached hydrogen (secondary N) is 1. The van der Waals surface area contributed by atoms with Gasteiger partial charge in [0.05, 0.1) is 0 Å². The van der Waals surface area contributed by atoms with Crippen LogP contribution in [0.15, 0.2) is 60.9 Å². The molecule has 1 fully saturated rings. The standard InChI is InChI=1S/C25H29ClN4O/c1-19-27-12-15-30(19)17-21-8-6-20(7-9-21)16-28-25(31)22-10-13-29(14-11-22)18-23-4-2-3-5-24(23)26/h2-9,12,15,22H,10-11,13-14,16-18H2,1H3,(H,28,31). The Morgan fingerprint density at radius 2 is 1.77 bits per heavy atom. The van der Waals surface area contributed by atoms with Crippen LogP contribution < -0.4 is 5.32 Å². The van der Waals surface area contributed by atoms with E-state index in [2.05, 4.69) is 50.1 Å². The van der Waals surface area contributed by atoms with E-state index in [4.69, 9.17) is 11.6 Å². The van der Waals surface area contributed by atoms with Gasteiger partial charge in [0.15, 0.2) is 0 Å². The number of hydrogen-bond acceptors (Lipinski definition) is 3. The smallest absolute Gasteiger partial charge is 0.223 e. The van der Waals surface area contributed by atoms with E-state index in [1.807, 2.05) is 37.5 Å². The second-order valence-corrected chi connectivity index (χ2v) is 8.69. The molecule has 1 N–H and O–H groups in total. The first-order valence-corrected chi connectivity index (χ1v) is 11.3. The molecule has 2 heterocycles. The fraction of sp³-hybridized carbons (Fsp3) is 0.360. The van der Waals surface area contributed by atoms with E-state index in [-0.39, 0.29) is 11.8 Å². The number of aromatic nitrogens is 2. The van der Waals surface area contributed by atoms with E-state index in [0.717, 1.165) is 61.0 Å². The zero-order chi connectivity index (χ0) is 21.6. The normalized spacial score (nSPS) is 15.2. The molecule has 0 radical (unpaired) electrons. The van der Waals surface area contributed by atoms with Crippen LogP contribution in [0, 0.1) is 12.8 Å². The summed E-state index contributed by atoms with van der Waals surface area (Å²) < 4.78 is 2.12. The molecule has 1 aromatic heterocycles. The average molecular weight is 437 g/mol. The van der Waals surface area contributed by atoms with Crippen molar-refractivity contribution in [3.63, 3.8) is 0 Å². The lowest BCUT2D eigenvalue weighted by Crippen LogP contribution is -2.40. The Hall–Kier alpha value is -2.63. The number of benzene rings is 2. The van der Waals surface area contributed by atoms with Crippen LogP contribution >= 0.6 is 11.6 Å². The fourth-order valence-electron chi connectivity index (χ4n) is 4.08. The number of imidazole rings is 1. The molecule has 162 valence electrons. The van der Waals surface area contributed by atoms with E-state index in [1.165, 1.54) is 5.56 Å². The van der Waals surface area contributed by atoms with Gasteiger partial charge in [0.1, 0.15) is 5.82 Å². The predicted octanol–water partition coefficient (Wildman–Crippen LogP) is 4.42. The summed E-state index contributed by atoms with van der Waals surface area (Å²) in [5.74, 6) is 1.26. The van der Waals surface area contributed by atoms with Gasteiger partial charge in [0.2, 0.25) is 5.91 Å². The lowest BCUT2D eigenvalue weighted by Gasteiger charge is -2.31. The van der Waals surface area contributed by atoms with Gasteiger partial charge in [-0.2, -0.15) is 0 Å².